The molecule has 1 atom stereocenters. The van der Waals surface area contributed by atoms with Gasteiger partial charge in [-0.3, -0.25) is 9.59 Å². The average molecular weight is 478 g/mol. The molecule has 2 amide bonds. The van der Waals surface area contributed by atoms with Gasteiger partial charge in [0.25, 0.3) is 5.91 Å². The molecule has 1 aliphatic carbocycles. The molecule has 1 aromatic heterocycles. The summed E-state index contributed by atoms with van der Waals surface area (Å²) in [4.78, 5) is 28.9. The third-order valence-corrected chi connectivity index (χ3v) is 8.34. The molecule has 2 aromatic rings. The van der Waals surface area contributed by atoms with Crippen molar-refractivity contribution in [1.82, 2.24) is 14.7 Å². The van der Waals surface area contributed by atoms with Gasteiger partial charge >= 0.3 is 0 Å². The van der Waals surface area contributed by atoms with Gasteiger partial charge in [-0.05, 0) is 49.8 Å². The molecule has 9 nitrogen and oxygen atoms in total. The van der Waals surface area contributed by atoms with E-state index in [1.54, 1.807) is 14.2 Å². The summed E-state index contributed by atoms with van der Waals surface area (Å²) >= 11 is 0. The van der Waals surface area contributed by atoms with Crippen molar-refractivity contribution < 1.29 is 19.1 Å². The molecule has 0 unspecified atom stereocenters. The Morgan fingerprint density at radius 2 is 1.77 bits per heavy atom. The number of amides is 2. The maximum Gasteiger partial charge on any atom is 0.254 e. The van der Waals surface area contributed by atoms with Gasteiger partial charge in [0.05, 0.1) is 14.2 Å². The number of carbonyl (C=O) groups excluding carboxylic acids is 2. The zero-order valence-corrected chi connectivity index (χ0v) is 20.2. The van der Waals surface area contributed by atoms with Crippen LogP contribution < -0.4 is 20.1 Å². The smallest absolute Gasteiger partial charge is 0.254 e. The minimum atomic E-state index is -0.489. The molecule has 35 heavy (non-hydrogen) atoms. The number of ether oxygens (including phenoxy) is 2. The molecule has 9 heteroatoms. The SMILES string of the molecule is C=CC(=O)N1CCC([C@]23CCN2c2c(C(N)=O)c(-c4cc(OC)c(C5CC5)c(OC)c4)nn23)CC1. The highest BCUT2D eigenvalue weighted by Gasteiger charge is 2.63. The van der Waals surface area contributed by atoms with Crippen molar-refractivity contribution in [1.29, 1.82) is 0 Å². The first-order valence-corrected chi connectivity index (χ1v) is 12.3. The van der Waals surface area contributed by atoms with Crippen molar-refractivity contribution in [3.05, 3.63) is 35.9 Å². The lowest BCUT2D eigenvalue weighted by Gasteiger charge is -2.65. The van der Waals surface area contributed by atoms with E-state index in [2.05, 4.69) is 11.5 Å². The van der Waals surface area contributed by atoms with Crippen molar-refractivity contribution in [3.63, 3.8) is 0 Å². The molecule has 0 spiro atoms. The molecule has 184 valence electrons. The number of nitrogens with two attached hydrogens (primary N) is 1. The predicted octanol–water partition coefficient (Wildman–Crippen LogP) is 2.84. The molecule has 2 N–H and O–H groups in total. The van der Waals surface area contributed by atoms with E-state index < -0.39 is 5.91 Å². The number of hydrogen-bond donors (Lipinski definition) is 1. The molecular formula is C26H31N5O4. The molecule has 1 aromatic carbocycles. The number of anilines is 1. The number of carbonyl (C=O) groups is 2. The number of hydrogen-bond acceptors (Lipinski definition) is 6. The number of fused-ring (bicyclic) bond motifs is 4. The van der Waals surface area contributed by atoms with Crippen LogP contribution in [0.25, 0.3) is 11.3 Å². The van der Waals surface area contributed by atoms with Crippen LogP contribution in [-0.2, 0) is 10.5 Å². The van der Waals surface area contributed by atoms with Gasteiger partial charge in [0.2, 0.25) is 5.91 Å². The van der Waals surface area contributed by atoms with Gasteiger partial charge in [-0.1, -0.05) is 6.58 Å². The highest BCUT2D eigenvalue weighted by Crippen LogP contribution is 2.59. The lowest BCUT2D eigenvalue weighted by atomic mass is 9.73. The van der Waals surface area contributed by atoms with Gasteiger partial charge in [0, 0.05) is 43.1 Å². The van der Waals surface area contributed by atoms with E-state index in [1.807, 2.05) is 21.7 Å². The standard InChI is InChI=1S/C26H31N5O4/c1-4-20(32)29-10-7-17(8-11-29)26-9-12-30(26)25-22(24(27)33)23(28-31(25)26)16-13-18(34-2)21(15-5-6-15)19(14-16)35-3/h4,13-15,17H,1,5-12H2,2-3H3,(H2,27,33)/t26-/m1/s1. The molecule has 4 heterocycles. The third-order valence-electron chi connectivity index (χ3n) is 8.34. The monoisotopic (exact) mass is 477 g/mol. The highest BCUT2D eigenvalue weighted by molar-refractivity contribution is 6.05. The fourth-order valence-electron chi connectivity index (χ4n) is 6.41. The van der Waals surface area contributed by atoms with E-state index >= 15 is 0 Å². The van der Waals surface area contributed by atoms with Crippen molar-refractivity contribution in [2.45, 2.75) is 43.7 Å². The summed E-state index contributed by atoms with van der Waals surface area (Å²) in [6.45, 7) is 5.88. The topological polar surface area (TPSA) is 103 Å². The van der Waals surface area contributed by atoms with Gasteiger partial charge in [0.15, 0.2) is 0 Å². The number of likely N-dealkylation sites (tertiary alicyclic amines) is 1. The number of piperidine rings is 1. The van der Waals surface area contributed by atoms with Crippen LogP contribution in [0.3, 0.4) is 0 Å². The van der Waals surface area contributed by atoms with Crippen molar-refractivity contribution >= 4 is 17.6 Å². The maximum absolute atomic E-state index is 12.7. The van der Waals surface area contributed by atoms with E-state index in [1.165, 1.54) is 6.08 Å². The first-order chi connectivity index (χ1) is 16.9. The average Bonchev–Trinajstić information content (AvgIpc) is 3.64. The Balaban J connectivity index is 1.39. The largest absolute Gasteiger partial charge is 0.496 e. The number of primary amides is 1. The summed E-state index contributed by atoms with van der Waals surface area (Å²) in [6, 6.07) is 3.90. The second kappa shape index (κ2) is 7.76. The lowest BCUT2D eigenvalue weighted by Crippen LogP contribution is -2.74. The number of methoxy groups -OCH3 is 2. The Morgan fingerprint density at radius 3 is 2.26 bits per heavy atom. The molecule has 2 saturated heterocycles. The zero-order chi connectivity index (χ0) is 24.5. The normalized spacial score (nSPS) is 23.0. The Labute approximate surface area is 204 Å². The number of aromatic nitrogens is 2. The predicted molar refractivity (Wildman–Crippen MR) is 131 cm³/mol. The molecule has 3 aliphatic heterocycles. The van der Waals surface area contributed by atoms with Crippen LogP contribution in [0.15, 0.2) is 24.8 Å². The van der Waals surface area contributed by atoms with E-state index in [0.29, 0.717) is 36.2 Å². The quantitative estimate of drug-likeness (QED) is 0.615. The van der Waals surface area contributed by atoms with E-state index in [-0.39, 0.29) is 11.6 Å². The van der Waals surface area contributed by atoms with Crippen LogP contribution in [0, 0.1) is 5.92 Å². The second-order valence-corrected chi connectivity index (χ2v) is 9.98. The molecule has 1 saturated carbocycles. The van der Waals surface area contributed by atoms with Gasteiger partial charge in [-0.2, -0.15) is 5.10 Å². The van der Waals surface area contributed by atoms with Gasteiger partial charge < -0.3 is 25.0 Å². The summed E-state index contributed by atoms with van der Waals surface area (Å²) in [6.07, 6.45) is 6.35. The summed E-state index contributed by atoms with van der Waals surface area (Å²) in [5.74, 6) is 2.58. The summed E-state index contributed by atoms with van der Waals surface area (Å²) in [5.41, 5.74) is 8.53. The summed E-state index contributed by atoms with van der Waals surface area (Å²) in [5, 5.41) is 5.00. The minimum Gasteiger partial charge on any atom is -0.496 e. The molecule has 6 rings (SSSR count). The highest BCUT2D eigenvalue weighted by atomic mass is 16.5. The molecule has 3 fully saturated rings. The molecular weight excluding hydrogens is 446 g/mol. The Morgan fingerprint density at radius 1 is 1.11 bits per heavy atom. The Bertz CT molecular complexity index is 1220. The van der Waals surface area contributed by atoms with Crippen molar-refractivity contribution in [2.75, 3.05) is 38.8 Å². The lowest BCUT2D eigenvalue weighted by molar-refractivity contribution is -0.128. The fraction of sp³-hybridized carbons (Fsp3) is 0.500. The first-order valence-electron chi connectivity index (χ1n) is 12.3. The Kier molecular flexibility index (Phi) is 4.88. The number of benzene rings is 1. The summed E-state index contributed by atoms with van der Waals surface area (Å²) < 4.78 is 13.5. The third kappa shape index (κ3) is 2.96. The summed E-state index contributed by atoms with van der Waals surface area (Å²) in [7, 11) is 3.32. The first kappa shape index (κ1) is 22.0. The molecule has 0 radical (unpaired) electrons. The van der Waals surface area contributed by atoms with Crippen LogP contribution in [0.2, 0.25) is 0 Å². The van der Waals surface area contributed by atoms with Crippen LogP contribution in [0.5, 0.6) is 11.5 Å². The fourth-order valence-corrected chi connectivity index (χ4v) is 6.41. The van der Waals surface area contributed by atoms with Crippen LogP contribution in [0.4, 0.5) is 5.82 Å². The van der Waals surface area contributed by atoms with Crippen molar-refractivity contribution in [2.24, 2.45) is 11.7 Å². The second-order valence-electron chi connectivity index (χ2n) is 9.98. The Hall–Kier alpha value is -3.49. The van der Waals surface area contributed by atoms with E-state index in [9.17, 15) is 9.59 Å². The maximum atomic E-state index is 12.7. The van der Waals surface area contributed by atoms with Gasteiger partial charge in [0.1, 0.15) is 34.2 Å². The van der Waals surface area contributed by atoms with E-state index in [4.69, 9.17) is 20.3 Å². The van der Waals surface area contributed by atoms with Gasteiger partial charge in [-0.15, -0.1) is 0 Å². The zero-order valence-electron chi connectivity index (χ0n) is 20.2. The number of rotatable bonds is 7. The minimum absolute atomic E-state index is 0.0179. The molecule has 0 bridgehead atoms. The van der Waals surface area contributed by atoms with Gasteiger partial charge in [-0.25, -0.2) is 4.68 Å². The van der Waals surface area contributed by atoms with Crippen molar-refractivity contribution in [3.8, 4) is 22.8 Å². The van der Waals surface area contributed by atoms with E-state index in [0.717, 1.165) is 67.1 Å². The van der Waals surface area contributed by atoms with Crippen LogP contribution in [0.1, 0.15) is 53.9 Å². The molecule has 4 aliphatic rings. The van der Waals surface area contributed by atoms with Crippen LogP contribution in [-0.4, -0.2) is 60.3 Å². The van der Waals surface area contributed by atoms with Crippen LogP contribution >= 0.6 is 0 Å². The number of nitrogens with zero attached hydrogens (tertiary/aromatic N) is 4.